The van der Waals surface area contributed by atoms with Gasteiger partial charge in [-0.2, -0.15) is 0 Å². The molecule has 0 radical (unpaired) electrons. The third-order valence-electron chi connectivity index (χ3n) is 14.0. The van der Waals surface area contributed by atoms with Gasteiger partial charge in [-0.15, -0.1) is 0 Å². The van der Waals surface area contributed by atoms with E-state index in [4.69, 9.17) is 0 Å². The second kappa shape index (κ2) is 15.8. The topological polar surface area (TPSA) is 9.86 Å². The summed E-state index contributed by atoms with van der Waals surface area (Å²) in [5.74, 6) is 0. The van der Waals surface area contributed by atoms with Crippen LogP contribution in [0.4, 0.5) is 0 Å². The zero-order chi connectivity index (χ0) is 44.5. The molecule has 2 heterocycles. The van der Waals surface area contributed by atoms with Gasteiger partial charge in [0.25, 0.3) is 0 Å². The quantitative estimate of drug-likeness (QED) is 0.151. The molecular formula is C64H48N2. The summed E-state index contributed by atoms with van der Waals surface area (Å²) in [6.45, 7) is 9.07. The Hall–Kier alpha value is -8.20. The number of benzene rings is 10. The van der Waals surface area contributed by atoms with Crippen LogP contribution in [-0.2, 0) is 0 Å². The molecule has 0 bridgehead atoms. The fourth-order valence-electron chi connectivity index (χ4n) is 10.9. The van der Waals surface area contributed by atoms with Gasteiger partial charge >= 0.3 is 0 Å². The van der Waals surface area contributed by atoms with Crippen LogP contribution >= 0.6 is 0 Å². The Morgan fingerprint density at radius 3 is 1.05 bits per heavy atom. The van der Waals surface area contributed by atoms with Crippen LogP contribution in [0.3, 0.4) is 0 Å². The molecule has 12 rings (SSSR count). The van der Waals surface area contributed by atoms with Crippen molar-refractivity contribution in [1.29, 1.82) is 0 Å². The fourth-order valence-corrected chi connectivity index (χ4v) is 10.9. The molecular weight excluding hydrogens is 797 g/mol. The maximum atomic E-state index is 2.43. The van der Waals surface area contributed by atoms with Crippen molar-refractivity contribution < 1.29 is 0 Å². The lowest BCUT2D eigenvalue weighted by atomic mass is 9.87. The van der Waals surface area contributed by atoms with Crippen LogP contribution in [-0.4, -0.2) is 9.13 Å². The van der Waals surface area contributed by atoms with E-state index in [2.05, 4.69) is 255 Å². The number of hydrogen-bond acceptors (Lipinski definition) is 0. The lowest BCUT2D eigenvalue weighted by molar-refractivity contribution is 1.18. The van der Waals surface area contributed by atoms with E-state index in [1.165, 1.54) is 122 Å². The van der Waals surface area contributed by atoms with Crippen molar-refractivity contribution in [2.75, 3.05) is 0 Å². The van der Waals surface area contributed by atoms with Crippen LogP contribution in [0.25, 0.3) is 111 Å². The molecule has 2 nitrogen and oxygen atoms in total. The van der Waals surface area contributed by atoms with Crippen LogP contribution in [0.1, 0.15) is 22.3 Å². The molecule has 0 aliphatic heterocycles. The van der Waals surface area contributed by atoms with Crippen molar-refractivity contribution in [3.63, 3.8) is 0 Å². The summed E-state index contributed by atoms with van der Waals surface area (Å²) in [6, 6.07) is 80.1. The first kappa shape index (κ1) is 39.4. The Balaban J connectivity index is 0.912. The molecule has 314 valence electrons. The first-order valence-corrected chi connectivity index (χ1v) is 23.0. The predicted octanol–water partition coefficient (Wildman–Crippen LogP) is 17.4. The minimum atomic E-state index is 1.15. The van der Waals surface area contributed by atoms with Gasteiger partial charge in [0.15, 0.2) is 0 Å². The summed E-state index contributed by atoms with van der Waals surface area (Å²) in [5.41, 5.74) is 24.8. The molecule has 0 unspecified atom stereocenters. The minimum absolute atomic E-state index is 1.15. The molecule has 0 N–H and O–H groups in total. The van der Waals surface area contributed by atoms with Gasteiger partial charge in [-0.05, 0) is 154 Å². The van der Waals surface area contributed by atoms with E-state index in [0.717, 1.165) is 11.4 Å². The Bertz CT molecular complexity index is 3560. The minimum Gasteiger partial charge on any atom is -0.309 e. The van der Waals surface area contributed by atoms with Gasteiger partial charge in [0.05, 0.1) is 22.1 Å². The Morgan fingerprint density at radius 1 is 0.258 bits per heavy atom. The Labute approximate surface area is 386 Å². The van der Waals surface area contributed by atoms with Gasteiger partial charge in [-0.1, -0.05) is 170 Å². The van der Waals surface area contributed by atoms with Crippen molar-refractivity contribution >= 4 is 43.6 Å². The standard InChI is InChI=1S/C64H48N2/c1-41-17-15-25-53(47-19-7-5-8-20-47)61(41)51-37-39-59-63(43(51)3)55-23-11-13-27-57(55)65(59)49-33-29-45(30-34-49)46-31-35-50(36-32-46)66-58-28-14-12-24-56(58)64-44(4)52(38-40-60(64)66)62-42(2)18-16-26-54(62)48-21-9-6-10-22-48/h5-40H,1-4H3. The van der Waals surface area contributed by atoms with Gasteiger partial charge in [-0.3, -0.25) is 0 Å². The SMILES string of the molecule is Cc1cccc(-c2ccccc2)c1-c1ccc2c(c1C)c1ccccc1n2-c1ccc(-c2ccc(-n3c4ccccc4c4c(C)c(-c5c(C)cccc5-c5ccccc5)ccc43)cc2)cc1. The molecule has 2 aromatic heterocycles. The monoisotopic (exact) mass is 844 g/mol. The lowest BCUT2D eigenvalue weighted by Gasteiger charge is -2.17. The highest BCUT2D eigenvalue weighted by atomic mass is 15.0. The number of rotatable bonds is 7. The average Bonchev–Trinajstić information content (AvgIpc) is 3.89. The van der Waals surface area contributed by atoms with Crippen molar-refractivity contribution in [3.8, 4) is 67.0 Å². The number of para-hydroxylation sites is 2. The number of nitrogens with zero attached hydrogens (tertiary/aromatic N) is 2. The van der Waals surface area contributed by atoms with Crippen LogP contribution < -0.4 is 0 Å². The maximum absolute atomic E-state index is 2.43. The van der Waals surface area contributed by atoms with Gasteiger partial charge < -0.3 is 9.13 Å². The van der Waals surface area contributed by atoms with Crippen molar-refractivity contribution in [1.82, 2.24) is 9.13 Å². The molecule has 0 aliphatic carbocycles. The van der Waals surface area contributed by atoms with E-state index < -0.39 is 0 Å². The van der Waals surface area contributed by atoms with Crippen LogP contribution in [0.2, 0.25) is 0 Å². The average molecular weight is 845 g/mol. The summed E-state index contributed by atoms with van der Waals surface area (Å²) in [4.78, 5) is 0. The van der Waals surface area contributed by atoms with Gasteiger partial charge in [0.1, 0.15) is 0 Å². The zero-order valence-corrected chi connectivity index (χ0v) is 37.7. The van der Waals surface area contributed by atoms with E-state index in [0.29, 0.717) is 0 Å². The highest BCUT2D eigenvalue weighted by molar-refractivity contribution is 6.14. The molecule has 0 fully saturated rings. The third-order valence-corrected chi connectivity index (χ3v) is 14.0. The molecule has 12 aromatic rings. The number of fused-ring (bicyclic) bond motifs is 6. The summed E-state index contributed by atoms with van der Waals surface area (Å²) in [5, 5.41) is 5.14. The number of hydrogen-bond donors (Lipinski definition) is 0. The van der Waals surface area contributed by atoms with Crippen molar-refractivity contribution in [3.05, 3.63) is 241 Å². The van der Waals surface area contributed by atoms with E-state index in [9.17, 15) is 0 Å². The first-order chi connectivity index (χ1) is 32.4. The van der Waals surface area contributed by atoms with Crippen molar-refractivity contribution in [2.24, 2.45) is 0 Å². The predicted molar refractivity (Wildman–Crippen MR) is 281 cm³/mol. The number of aryl methyl sites for hydroxylation is 4. The van der Waals surface area contributed by atoms with E-state index in [1.807, 2.05) is 0 Å². The largest absolute Gasteiger partial charge is 0.309 e. The van der Waals surface area contributed by atoms with E-state index in [-0.39, 0.29) is 0 Å². The summed E-state index contributed by atoms with van der Waals surface area (Å²) >= 11 is 0. The molecule has 2 heteroatoms. The van der Waals surface area contributed by atoms with Gasteiger partial charge in [-0.25, -0.2) is 0 Å². The Kier molecular flexibility index (Phi) is 9.43. The van der Waals surface area contributed by atoms with E-state index >= 15 is 0 Å². The smallest absolute Gasteiger partial charge is 0.0544 e. The highest BCUT2D eigenvalue weighted by Crippen LogP contribution is 2.44. The molecule has 66 heavy (non-hydrogen) atoms. The first-order valence-electron chi connectivity index (χ1n) is 23.0. The molecule has 0 saturated heterocycles. The molecule has 0 aliphatic rings. The van der Waals surface area contributed by atoms with Gasteiger partial charge in [0.2, 0.25) is 0 Å². The number of aromatic nitrogens is 2. The lowest BCUT2D eigenvalue weighted by Crippen LogP contribution is -1.96. The molecule has 0 amide bonds. The van der Waals surface area contributed by atoms with Crippen LogP contribution in [0, 0.1) is 27.7 Å². The Morgan fingerprint density at radius 2 is 0.636 bits per heavy atom. The second-order valence-corrected chi connectivity index (χ2v) is 17.8. The molecule has 0 spiro atoms. The van der Waals surface area contributed by atoms with Crippen LogP contribution in [0.5, 0.6) is 0 Å². The second-order valence-electron chi connectivity index (χ2n) is 17.8. The summed E-state index contributed by atoms with van der Waals surface area (Å²) in [7, 11) is 0. The molecule has 0 saturated carbocycles. The third kappa shape index (κ3) is 6.25. The molecule has 10 aromatic carbocycles. The highest BCUT2D eigenvalue weighted by Gasteiger charge is 2.21. The summed E-state index contributed by atoms with van der Waals surface area (Å²) < 4.78 is 4.86. The van der Waals surface area contributed by atoms with E-state index in [1.54, 1.807) is 0 Å². The molecule has 0 atom stereocenters. The zero-order valence-electron chi connectivity index (χ0n) is 37.7. The van der Waals surface area contributed by atoms with Crippen LogP contribution in [0.15, 0.2) is 218 Å². The normalized spacial score (nSPS) is 11.6. The maximum Gasteiger partial charge on any atom is 0.0544 e. The van der Waals surface area contributed by atoms with Gasteiger partial charge in [0, 0.05) is 32.9 Å². The summed E-state index contributed by atoms with van der Waals surface area (Å²) in [6.07, 6.45) is 0. The fraction of sp³-hybridized carbons (Fsp3) is 0.0625. The van der Waals surface area contributed by atoms with Crippen molar-refractivity contribution in [2.45, 2.75) is 27.7 Å².